The summed E-state index contributed by atoms with van der Waals surface area (Å²) in [5.41, 5.74) is 0.745. The number of halogens is 1. The second-order valence-electron chi connectivity index (χ2n) is 7.98. The van der Waals surface area contributed by atoms with Crippen molar-refractivity contribution in [3.05, 3.63) is 89.2 Å². The van der Waals surface area contributed by atoms with E-state index in [0.29, 0.717) is 29.2 Å². The summed E-state index contributed by atoms with van der Waals surface area (Å²) >= 11 is 1.18. The molecule has 1 aliphatic heterocycles. The highest BCUT2D eigenvalue weighted by molar-refractivity contribution is 7.22. The summed E-state index contributed by atoms with van der Waals surface area (Å²) in [4.78, 5) is 32.3. The normalized spacial score (nSPS) is 17.1. The monoisotopic (exact) mass is 504 g/mol. The van der Waals surface area contributed by atoms with Crippen LogP contribution in [-0.4, -0.2) is 35.5 Å². The van der Waals surface area contributed by atoms with Gasteiger partial charge in [0.1, 0.15) is 29.1 Å². The SMILES string of the molecule is CCOc1ccc2nc(N3C(=O)C(=O)C(=C(O)c4ccc(OC)cc4)C3c3ccccc3F)sc2c1. The van der Waals surface area contributed by atoms with Crippen molar-refractivity contribution in [2.24, 2.45) is 0 Å². The van der Waals surface area contributed by atoms with Gasteiger partial charge >= 0.3 is 5.91 Å². The molecule has 4 aromatic rings. The molecule has 2 heterocycles. The third-order valence-corrected chi connectivity index (χ3v) is 6.89. The number of nitrogens with zero attached hydrogens (tertiary/aromatic N) is 2. The molecular formula is C27H21FN2O5S. The molecule has 1 amide bonds. The first-order valence-corrected chi connectivity index (χ1v) is 12.0. The van der Waals surface area contributed by atoms with Crippen molar-refractivity contribution in [2.45, 2.75) is 13.0 Å². The zero-order chi connectivity index (χ0) is 25.4. The van der Waals surface area contributed by atoms with Gasteiger partial charge in [0.2, 0.25) is 0 Å². The lowest BCUT2D eigenvalue weighted by Crippen LogP contribution is -2.29. The molecule has 1 aliphatic rings. The first-order chi connectivity index (χ1) is 17.4. The number of fused-ring (bicyclic) bond motifs is 1. The average Bonchev–Trinajstić information content (AvgIpc) is 3.42. The van der Waals surface area contributed by atoms with Crippen LogP contribution in [0.4, 0.5) is 9.52 Å². The predicted octanol–water partition coefficient (Wildman–Crippen LogP) is 5.47. The first kappa shape index (κ1) is 23.5. The summed E-state index contributed by atoms with van der Waals surface area (Å²) in [6.45, 7) is 2.36. The van der Waals surface area contributed by atoms with Crippen molar-refractivity contribution >= 4 is 44.1 Å². The molecule has 5 rings (SSSR count). The maximum absolute atomic E-state index is 15.1. The van der Waals surface area contributed by atoms with Crippen molar-refractivity contribution in [1.29, 1.82) is 0 Å². The van der Waals surface area contributed by atoms with Gasteiger partial charge in [-0.1, -0.05) is 29.5 Å². The summed E-state index contributed by atoms with van der Waals surface area (Å²) in [6.07, 6.45) is 0. The number of rotatable bonds is 6. The van der Waals surface area contributed by atoms with E-state index in [2.05, 4.69) is 4.98 Å². The van der Waals surface area contributed by atoms with Gasteiger partial charge in [-0.05, 0) is 55.5 Å². The molecule has 0 bridgehead atoms. The minimum Gasteiger partial charge on any atom is -0.507 e. The smallest absolute Gasteiger partial charge is 0.301 e. The van der Waals surface area contributed by atoms with E-state index >= 15 is 4.39 Å². The van der Waals surface area contributed by atoms with Crippen LogP contribution in [0, 0.1) is 5.82 Å². The Balaban J connectivity index is 1.69. The average molecular weight is 505 g/mol. The second kappa shape index (κ2) is 9.43. The number of hydrogen-bond donors (Lipinski definition) is 1. The number of aliphatic hydroxyl groups excluding tert-OH is 1. The van der Waals surface area contributed by atoms with E-state index in [1.165, 1.54) is 36.6 Å². The fourth-order valence-electron chi connectivity index (χ4n) is 4.18. The Morgan fingerprint density at radius 2 is 1.81 bits per heavy atom. The minimum absolute atomic E-state index is 0.0704. The van der Waals surface area contributed by atoms with Gasteiger partial charge < -0.3 is 14.6 Å². The van der Waals surface area contributed by atoms with Crippen LogP contribution in [0.25, 0.3) is 16.0 Å². The number of thiazole rings is 1. The molecule has 9 heteroatoms. The molecule has 0 spiro atoms. The molecule has 0 saturated carbocycles. The number of benzene rings is 3. The van der Waals surface area contributed by atoms with E-state index in [4.69, 9.17) is 9.47 Å². The predicted molar refractivity (Wildman–Crippen MR) is 135 cm³/mol. The van der Waals surface area contributed by atoms with Crippen LogP contribution < -0.4 is 14.4 Å². The highest BCUT2D eigenvalue weighted by Gasteiger charge is 2.49. The molecule has 0 aliphatic carbocycles. The number of methoxy groups -OCH3 is 1. The highest BCUT2D eigenvalue weighted by atomic mass is 32.1. The van der Waals surface area contributed by atoms with Crippen molar-refractivity contribution in [3.8, 4) is 11.5 Å². The lowest BCUT2D eigenvalue weighted by molar-refractivity contribution is -0.132. The number of aromatic nitrogens is 1. The molecule has 36 heavy (non-hydrogen) atoms. The molecule has 1 unspecified atom stereocenters. The zero-order valence-corrected chi connectivity index (χ0v) is 20.2. The Hall–Kier alpha value is -4.24. The van der Waals surface area contributed by atoms with Gasteiger partial charge in [-0.25, -0.2) is 9.37 Å². The Labute approximate surface area is 210 Å². The number of hydrogen-bond acceptors (Lipinski definition) is 7. The van der Waals surface area contributed by atoms with Crippen LogP contribution in [0.15, 0.2) is 72.3 Å². The van der Waals surface area contributed by atoms with Crippen LogP contribution in [0.5, 0.6) is 11.5 Å². The fourth-order valence-corrected chi connectivity index (χ4v) is 5.20. The lowest BCUT2D eigenvalue weighted by Gasteiger charge is -2.23. The highest BCUT2D eigenvalue weighted by Crippen LogP contribution is 2.45. The zero-order valence-electron chi connectivity index (χ0n) is 19.4. The number of aliphatic hydroxyl groups is 1. The number of carbonyl (C=O) groups is 2. The lowest BCUT2D eigenvalue weighted by atomic mass is 9.95. The molecule has 182 valence electrons. The largest absolute Gasteiger partial charge is 0.507 e. The van der Waals surface area contributed by atoms with E-state index in [-0.39, 0.29) is 16.3 Å². The maximum Gasteiger partial charge on any atom is 0.301 e. The van der Waals surface area contributed by atoms with Gasteiger partial charge in [-0.3, -0.25) is 14.5 Å². The number of anilines is 1. The van der Waals surface area contributed by atoms with Crippen molar-refractivity contribution < 1.29 is 28.6 Å². The maximum atomic E-state index is 15.1. The summed E-state index contributed by atoms with van der Waals surface area (Å²) in [5.74, 6) is -1.65. The number of carbonyl (C=O) groups excluding carboxylic acids is 2. The topological polar surface area (TPSA) is 89.0 Å². The van der Waals surface area contributed by atoms with E-state index in [0.717, 1.165) is 9.60 Å². The fraction of sp³-hybridized carbons (Fsp3) is 0.148. The van der Waals surface area contributed by atoms with Gasteiger partial charge in [0.25, 0.3) is 5.78 Å². The van der Waals surface area contributed by atoms with Crippen molar-refractivity contribution in [1.82, 2.24) is 4.98 Å². The van der Waals surface area contributed by atoms with E-state index in [1.54, 1.807) is 48.5 Å². The summed E-state index contributed by atoms with van der Waals surface area (Å²) in [6, 6.07) is 16.3. The summed E-state index contributed by atoms with van der Waals surface area (Å²) < 4.78 is 26.5. The standard InChI is InChI=1S/C27H21FN2O5S/c1-3-35-17-12-13-20-21(14-17)36-27(29-20)30-23(18-6-4-5-7-19(18)28)22(25(32)26(30)33)24(31)15-8-10-16(34-2)11-9-15/h4-14,23,31H,3H2,1-2H3. The third kappa shape index (κ3) is 3.97. The Bertz CT molecular complexity index is 1510. The molecule has 1 saturated heterocycles. The van der Waals surface area contributed by atoms with Gasteiger partial charge in [-0.15, -0.1) is 0 Å². The Morgan fingerprint density at radius 3 is 2.50 bits per heavy atom. The number of amides is 1. The molecule has 1 N–H and O–H groups in total. The molecule has 0 radical (unpaired) electrons. The van der Waals surface area contributed by atoms with E-state index in [9.17, 15) is 14.7 Å². The van der Waals surface area contributed by atoms with Crippen LogP contribution >= 0.6 is 11.3 Å². The van der Waals surface area contributed by atoms with Gasteiger partial charge in [0, 0.05) is 11.1 Å². The summed E-state index contributed by atoms with van der Waals surface area (Å²) in [5, 5.41) is 11.4. The first-order valence-electron chi connectivity index (χ1n) is 11.2. The van der Waals surface area contributed by atoms with Crippen molar-refractivity contribution in [2.75, 3.05) is 18.6 Å². The number of Topliss-reactive ketones (excluding diaryl/α,β-unsaturated/α-hetero) is 1. The van der Waals surface area contributed by atoms with Crippen LogP contribution in [0.3, 0.4) is 0 Å². The number of ether oxygens (including phenoxy) is 2. The van der Waals surface area contributed by atoms with Gasteiger partial charge in [0.05, 0.1) is 29.5 Å². The molecule has 1 fully saturated rings. The Kier molecular flexibility index (Phi) is 6.15. The molecule has 1 aromatic heterocycles. The van der Waals surface area contributed by atoms with Crippen LogP contribution in [0.1, 0.15) is 24.1 Å². The van der Waals surface area contributed by atoms with E-state index in [1.807, 2.05) is 6.92 Å². The van der Waals surface area contributed by atoms with Gasteiger partial charge in [-0.2, -0.15) is 0 Å². The molecule has 7 nitrogen and oxygen atoms in total. The third-order valence-electron chi connectivity index (χ3n) is 5.87. The molecular weight excluding hydrogens is 483 g/mol. The number of ketones is 1. The quantitative estimate of drug-likeness (QED) is 0.213. The molecule has 3 aromatic carbocycles. The Morgan fingerprint density at radius 1 is 1.08 bits per heavy atom. The van der Waals surface area contributed by atoms with Gasteiger partial charge in [0.15, 0.2) is 5.13 Å². The second-order valence-corrected chi connectivity index (χ2v) is 8.99. The minimum atomic E-state index is -1.21. The molecule has 1 atom stereocenters. The van der Waals surface area contributed by atoms with E-state index < -0.39 is 29.3 Å². The van der Waals surface area contributed by atoms with Crippen molar-refractivity contribution in [3.63, 3.8) is 0 Å². The summed E-state index contributed by atoms with van der Waals surface area (Å²) in [7, 11) is 1.51. The van der Waals surface area contributed by atoms with Crippen LogP contribution in [-0.2, 0) is 9.59 Å². The van der Waals surface area contributed by atoms with Crippen LogP contribution in [0.2, 0.25) is 0 Å².